The number of hydrogen-bond acceptors (Lipinski definition) is 6. The molecule has 1 N–H and O–H groups in total. The smallest absolute Gasteiger partial charge is 0.207 e. The van der Waals surface area contributed by atoms with Crippen LogP contribution in [0.15, 0.2) is 66.9 Å². The quantitative estimate of drug-likeness (QED) is 0.333. The molecule has 1 atom stereocenters. The van der Waals surface area contributed by atoms with Gasteiger partial charge in [-0.1, -0.05) is 41.7 Å². The predicted octanol–water partition coefficient (Wildman–Crippen LogP) is 6.16. The summed E-state index contributed by atoms with van der Waals surface area (Å²) in [7, 11) is 0. The first kappa shape index (κ1) is 21.4. The molecule has 6 nitrogen and oxygen atoms in total. The third-order valence-electron chi connectivity index (χ3n) is 5.50. The minimum Gasteiger partial charge on any atom is -0.486 e. The number of Topliss-reactive ketones (excluding diaryl/α,β-unsaturated/α-hetero) is 1. The van der Waals surface area contributed by atoms with Gasteiger partial charge >= 0.3 is 0 Å². The van der Waals surface area contributed by atoms with Crippen molar-refractivity contribution in [1.82, 2.24) is 9.55 Å². The number of hydrogen-bond donors (Lipinski definition) is 1. The lowest BCUT2D eigenvalue weighted by Gasteiger charge is -2.24. The van der Waals surface area contributed by atoms with Gasteiger partial charge in [-0.15, -0.1) is 0 Å². The van der Waals surface area contributed by atoms with Gasteiger partial charge in [0.25, 0.3) is 0 Å². The molecule has 0 saturated carbocycles. The van der Waals surface area contributed by atoms with Gasteiger partial charge in [-0.25, -0.2) is 19.7 Å². The summed E-state index contributed by atoms with van der Waals surface area (Å²) in [6.07, 6.45) is 2.57. The third kappa shape index (κ3) is 4.53. The first-order valence-corrected chi connectivity index (χ1v) is 11.5. The van der Waals surface area contributed by atoms with Crippen LogP contribution in [0.25, 0.3) is 10.4 Å². The monoisotopic (exact) mass is 463 g/mol. The maximum atomic E-state index is 14.7. The molecule has 2 aromatic carbocycles. The molecule has 168 valence electrons. The summed E-state index contributed by atoms with van der Waals surface area (Å²) in [5.41, 5.74) is 6.02. The molecule has 0 aliphatic carbocycles. The molecule has 2 aromatic heterocycles. The van der Waals surface area contributed by atoms with Gasteiger partial charge in [-0.2, -0.15) is 0 Å². The van der Waals surface area contributed by atoms with E-state index in [9.17, 15) is 9.18 Å². The summed E-state index contributed by atoms with van der Waals surface area (Å²) in [6, 6.07) is 18.2. The van der Waals surface area contributed by atoms with Crippen molar-refractivity contribution in [1.29, 1.82) is 0 Å². The maximum Gasteiger partial charge on any atom is 0.207 e. The van der Waals surface area contributed by atoms with Crippen LogP contribution in [0.2, 0.25) is 0 Å². The van der Waals surface area contributed by atoms with Gasteiger partial charge < -0.3 is 9.30 Å². The van der Waals surface area contributed by atoms with Crippen LogP contribution < -0.4 is 10.2 Å². The van der Waals surface area contributed by atoms with Crippen molar-refractivity contribution in [2.24, 2.45) is 0 Å². The van der Waals surface area contributed by atoms with Crippen molar-refractivity contribution >= 4 is 22.3 Å². The SMILES string of the molecule is Cc1nc(NOC2CCC(=O)c3cccn32)sc1-c1ccc(OCc2ccccc2)c(F)c1. The van der Waals surface area contributed by atoms with Crippen molar-refractivity contribution in [3.8, 4) is 16.2 Å². The van der Waals surface area contributed by atoms with Crippen molar-refractivity contribution in [3.63, 3.8) is 0 Å². The second-order valence-electron chi connectivity index (χ2n) is 7.79. The molecule has 3 heterocycles. The standard InChI is InChI=1S/C25H22FN3O3S/c1-16-24(18-9-11-22(19(26)14-18)31-15-17-6-3-2-4-7-17)33-25(27-16)28-32-23-12-10-21(30)20-8-5-13-29(20)23/h2-9,11,13-14,23H,10,12,15H2,1H3,(H,27,28). The number of aryl methyl sites for hydroxylation is 1. The molecule has 0 radical (unpaired) electrons. The first-order chi connectivity index (χ1) is 16.1. The molecule has 0 saturated heterocycles. The number of carbonyl (C=O) groups is 1. The fourth-order valence-corrected chi connectivity index (χ4v) is 4.74. The zero-order chi connectivity index (χ0) is 22.8. The molecule has 1 aliphatic rings. The molecule has 5 rings (SSSR count). The van der Waals surface area contributed by atoms with Crippen LogP contribution in [0.3, 0.4) is 0 Å². The molecule has 33 heavy (non-hydrogen) atoms. The molecular weight excluding hydrogens is 441 g/mol. The summed E-state index contributed by atoms with van der Waals surface area (Å²) in [6.45, 7) is 2.18. The average Bonchev–Trinajstić information content (AvgIpc) is 3.46. The fourth-order valence-electron chi connectivity index (χ4n) is 3.84. The van der Waals surface area contributed by atoms with Gasteiger partial charge in [-0.3, -0.25) is 4.79 Å². The van der Waals surface area contributed by atoms with Crippen molar-refractivity contribution < 1.29 is 18.8 Å². The minimum absolute atomic E-state index is 0.116. The number of thiazole rings is 1. The fraction of sp³-hybridized carbons (Fsp3) is 0.200. The highest BCUT2D eigenvalue weighted by atomic mass is 32.1. The minimum atomic E-state index is -0.422. The second-order valence-corrected chi connectivity index (χ2v) is 8.79. The van der Waals surface area contributed by atoms with E-state index in [2.05, 4.69) is 10.5 Å². The number of ether oxygens (including phenoxy) is 1. The topological polar surface area (TPSA) is 65.4 Å². The number of benzene rings is 2. The normalized spacial score (nSPS) is 15.3. The van der Waals surface area contributed by atoms with E-state index in [0.29, 0.717) is 30.3 Å². The van der Waals surface area contributed by atoms with Gasteiger partial charge in [0.1, 0.15) is 6.61 Å². The Hall–Kier alpha value is -3.49. The number of nitrogens with one attached hydrogen (secondary N) is 1. The molecule has 4 aromatic rings. The zero-order valence-electron chi connectivity index (χ0n) is 18.0. The van der Waals surface area contributed by atoms with Crippen LogP contribution in [-0.4, -0.2) is 15.3 Å². The van der Waals surface area contributed by atoms with Gasteiger partial charge in [0, 0.05) is 19.0 Å². The highest BCUT2D eigenvalue weighted by Gasteiger charge is 2.25. The van der Waals surface area contributed by atoms with E-state index >= 15 is 0 Å². The van der Waals surface area contributed by atoms with Gasteiger partial charge in [0.05, 0.1) is 16.3 Å². The van der Waals surface area contributed by atoms with Crippen LogP contribution >= 0.6 is 11.3 Å². The molecule has 8 heteroatoms. The molecule has 0 spiro atoms. The van der Waals surface area contributed by atoms with Crippen molar-refractivity contribution in [2.45, 2.75) is 32.6 Å². The predicted molar refractivity (Wildman–Crippen MR) is 125 cm³/mol. The van der Waals surface area contributed by atoms with E-state index < -0.39 is 5.82 Å². The number of nitrogens with zero attached hydrogens (tertiary/aromatic N) is 2. The Kier molecular flexibility index (Phi) is 5.93. The van der Waals surface area contributed by atoms with Crippen LogP contribution in [0, 0.1) is 12.7 Å². The average molecular weight is 464 g/mol. The van der Waals surface area contributed by atoms with E-state index in [4.69, 9.17) is 9.57 Å². The number of carbonyl (C=O) groups excluding carboxylic acids is 1. The molecular formula is C25H22FN3O3S. The van der Waals surface area contributed by atoms with Gasteiger partial charge in [-0.05, 0) is 48.4 Å². The largest absolute Gasteiger partial charge is 0.486 e. The lowest BCUT2D eigenvalue weighted by Crippen LogP contribution is -2.25. The molecule has 0 amide bonds. The molecule has 1 unspecified atom stereocenters. The van der Waals surface area contributed by atoms with E-state index in [1.165, 1.54) is 17.4 Å². The number of aromatic nitrogens is 2. The maximum absolute atomic E-state index is 14.7. The lowest BCUT2D eigenvalue weighted by molar-refractivity contribution is 0.0234. The Bertz CT molecular complexity index is 1290. The summed E-state index contributed by atoms with van der Waals surface area (Å²) in [5.74, 6) is -0.0970. The van der Waals surface area contributed by atoms with E-state index in [1.54, 1.807) is 12.1 Å². The summed E-state index contributed by atoms with van der Waals surface area (Å²) in [5, 5.41) is 0.568. The molecule has 0 bridgehead atoms. The highest BCUT2D eigenvalue weighted by Crippen LogP contribution is 2.35. The van der Waals surface area contributed by atoms with E-state index in [1.807, 2.05) is 60.2 Å². The second kappa shape index (κ2) is 9.17. The van der Waals surface area contributed by atoms with Gasteiger partial charge in [0.15, 0.2) is 23.6 Å². The van der Waals surface area contributed by atoms with Crippen molar-refractivity contribution in [3.05, 3.63) is 89.6 Å². The molecule has 0 fully saturated rings. The Morgan fingerprint density at radius 2 is 2.03 bits per heavy atom. The Labute approximate surface area is 194 Å². The molecule has 1 aliphatic heterocycles. The Balaban J connectivity index is 1.26. The number of rotatable bonds is 7. The Morgan fingerprint density at radius 1 is 1.18 bits per heavy atom. The number of anilines is 1. The summed E-state index contributed by atoms with van der Waals surface area (Å²) < 4.78 is 22.2. The zero-order valence-corrected chi connectivity index (χ0v) is 18.8. The van der Waals surface area contributed by atoms with Crippen LogP contribution in [0.4, 0.5) is 9.52 Å². The van der Waals surface area contributed by atoms with Crippen LogP contribution in [-0.2, 0) is 11.4 Å². The third-order valence-corrected chi connectivity index (χ3v) is 6.61. The van der Waals surface area contributed by atoms with E-state index in [-0.39, 0.29) is 17.8 Å². The number of fused-ring (bicyclic) bond motifs is 1. The number of halogens is 1. The summed E-state index contributed by atoms with van der Waals surface area (Å²) in [4.78, 5) is 23.2. The highest BCUT2D eigenvalue weighted by molar-refractivity contribution is 7.19. The lowest BCUT2D eigenvalue weighted by atomic mass is 10.1. The van der Waals surface area contributed by atoms with Crippen LogP contribution in [0.5, 0.6) is 5.75 Å². The Morgan fingerprint density at radius 3 is 2.85 bits per heavy atom. The van der Waals surface area contributed by atoms with Gasteiger partial charge in [0.2, 0.25) is 5.13 Å². The first-order valence-electron chi connectivity index (χ1n) is 10.6. The number of ketones is 1. The summed E-state index contributed by atoms with van der Waals surface area (Å²) >= 11 is 1.38. The van der Waals surface area contributed by atoms with Crippen LogP contribution in [0.1, 0.15) is 40.8 Å². The van der Waals surface area contributed by atoms with E-state index in [0.717, 1.165) is 21.7 Å². The van der Waals surface area contributed by atoms with Crippen molar-refractivity contribution in [2.75, 3.05) is 5.48 Å².